The number of hydrogen-bond acceptors (Lipinski definition) is 3. The Morgan fingerprint density at radius 3 is 2.50 bits per heavy atom. The number of aromatic nitrogens is 1. The van der Waals surface area contributed by atoms with Gasteiger partial charge in [-0.05, 0) is 21.0 Å². The third kappa shape index (κ3) is 3.37. The van der Waals surface area contributed by atoms with E-state index in [1.807, 2.05) is 19.0 Å². The molecule has 0 aliphatic rings. The van der Waals surface area contributed by atoms with Crippen molar-refractivity contribution in [1.82, 2.24) is 9.88 Å². The Morgan fingerprint density at radius 1 is 1.31 bits per heavy atom. The number of anilines is 1. The second kappa shape index (κ2) is 5.16. The number of nitrogens with one attached hydrogen (secondary N) is 1. The molecule has 0 amide bonds. The molecule has 6 heteroatoms. The fourth-order valence-corrected chi connectivity index (χ4v) is 1.37. The quantitative estimate of drug-likeness (QED) is 0.804. The normalized spacial score (nSPS) is 12.9. The van der Waals surface area contributed by atoms with E-state index in [0.717, 1.165) is 0 Å². The summed E-state index contributed by atoms with van der Waals surface area (Å²) in [7, 11) is 3.71. The predicted octanol–water partition coefficient (Wildman–Crippen LogP) is 1.86. The van der Waals surface area contributed by atoms with Crippen LogP contribution in [-0.4, -0.2) is 36.6 Å². The van der Waals surface area contributed by atoms with E-state index in [4.69, 9.17) is 0 Å². The molecule has 0 spiro atoms. The first kappa shape index (κ1) is 12.8. The summed E-state index contributed by atoms with van der Waals surface area (Å²) in [6.07, 6.45) is 0. The van der Waals surface area contributed by atoms with Crippen LogP contribution in [0.5, 0.6) is 0 Å². The van der Waals surface area contributed by atoms with E-state index in [1.54, 1.807) is 6.92 Å². The van der Waals surface area contributed by atoms with Gasteiger partial charge >= 0.3 is 0 Å². The van der Waals surface area contributed by atoms with Crippen molar-refractivity contribution in [2.75, 3.05) is 26.0 Å². The molecule has 0 aromatic carbocycles. The Bertz CT molecular complexity index is 369. The highest BCUT2D eigenvalue weighted by molar-refractivity contribution is 5.37. The van der Waals surface area contributed by atoms with Crippen molar-refractivity contribution >= 4 is 5.82 Å². The van der Waals surface area contributed by atoms with Gasteiger partial charge in [-0.2, -0.15) is 9.37 Å². The highest BCUT2D eigenvalue weighted by Gasteiger charge is 2.13. The Hall–Kier alpha value is -1.30. The lowest BCUT2D eigenvalue weighted by Crippen LogP contribution is -2.30. The van der Waals surface area contributed by atoms with Crippen molar-refractivity contribution in [3.63, 3.8) is 0 Å². The Labute approximate surface area is 92.3 Å². The van der Waals surface area contributed by atoms with Crippen molar-refractivity contribution in [2.24, 2.45) is 0 Å². The summed E-state index contributed by atoms with van der Waals surface area (Å²) < 4.78 is 38.5. The molecule has 16 heavy (non-hydrogen) atoms. The van der Waals surface area contributed by atoms with E-state index in [2.05, 4.69) is 10.3 Å². The Balaban J connectivity index is 2.77. The highest BCUT2D eigenvalue weighted by atomic mass is 19.2. The van der Waals surface area contributed by atoms with E-state index in [0.29, 0.717) is 12.6 Å². The van der Waals surface area contributed by atoms with E-state index in [9.17, 15) is 13.2 Å². The minimum Gasteiger partial charge on any atom is -0.364 e. The van der Waals surface area contributed by atoms with Gasteiger partial charge in [-0.1, -0.05) is 0 Å². The molecular weight excluding hydrogens is 219 g/mol. The van der Waals surface area contributed by atoms with E-state index in [1.165, 1.54) is 0 Å². The van der Waals surface area contributed by atoms with Crippen LogP contribution in [0, 0.1) is 17.6 Å². The Morgan fingerprint density at radius 2 is 1.94 bits per heavy atom. The zero-order valence-electron chi connectivity index (χ0n) is 9.39. The lowest BCUT2D eigenvalue weighted by Gasteiger charge is -2.19. The second-order valence-electron chi connectivity index (χ2n) is 3.90. The van der Waals surface area contributed by atoms with Crippen LogP contribution in [0.15, 0.2) is 6.07 Å². The number of hydrogen-bond donors (Lipinski definition) is 1. The minimum absolute atomic E-state index is 0.123. The van der Waals surface area contributed by atoms with Crippen molar-refractivity contribution in [1.29, 1.82) is 0 Å². The molecule has 0 bridgehead atoms. The zero-order chi connectivity index (χ0) is 12.3. The van der Waals surface area contributed by atoms with Crippen molar-refractivity contribution < 1.29 is 13.2 Å². The maximum atomic E-state index is 13.2. The summed E-state index contributed by atoms with van der Waals surface area (Å²) in [4.78, 5) is 5.06. The van der Waals surface area contributed by atoms with Gasteiger partial charge in [0.25, 0.3) is 5.95 Å². The van der Waals surface area contributed by atoms with Gasteiger partial charge < -0.3 is 10.2 Å². The van der Waals surface area contributed by atoms with Crippen LogP contribution >= 0.6 is 0 Å². The van der Waals surface area contributed by atoms with E-state index < -0.39 is 17.6 Å². The monoisotopic (exact) mass is 233 g/mol. The summed E-state index contributed by atoms with van der Waals surface area (Å²) in [5, 5.41) is 2.68. The predicted molar refractivity (Wildman–Crippen MR) is 55.7 cm³/mol. The fraction of sp³-hybridized carbons (Fsp3) is 0.500. The standard InChI is InChI=1S/C10H14F3N3/c1-6(5-16(2)3)14-10-8(12)4-7(11)9(13)15-10/h4,6H,5H2,1-3H3,(H,14,15). The first-order valence-corrected chi connectivity index (χ1v) is 4.83. The van der Waals surface area contributed by atoms with Crippen LogP contribution in [0.1, 0.15) is 6.92 Å². The van der Waals surface area contributed by atoms with Crippen LogP contribution in [0.2, 0.25) is 0 Å². The lowest BCUT2D eigenvalue weighted by atomic mass is 10.3. The third-order valence-electron chi connectivity index (χ3n) is 1.91. The van der Waals surface area contributed by atoms with Crippen molar-refractivity contribution in [2.45, 2.75) is 13.0 Å². The number of rotatable bonds is 4. The van der Waals surface area contributed by atoms with Gasteiger partial charge in [-0.25, -0.2) is 8.78 Å². The van der Waals surface area contributed by atoms with Gasteiger partial charge in [0.2, 0.25) is 0 Å². The van der Waals surface area contributed by atoms with Crippen LogP contribution in [0.25, 0.3) is 0 Å². The summed E-state index contributed by atoms with van der Waals surface area (Å²) in [6, 6.07) is 0.356. The summed E-state index contributed by atoms with van der Waals surface area (Å²) in [6.45, 7) is 2.42. The molecule has 1 aromatic heterocycles. The van der Waals surface area contributed by atoms with Gasteiger partial charge in [-0.15, -0.1) is 0 Å². The van der Waals surface area contributed by atoms with Crippen LogP contribution in [0.4, 0.5) is 19.0 Å². The third-order valence-corrected chi connectivity index (χ3v) is 1.91. The van der Waals surface area contributed by atoms with Gasteiger partial charge in [0.15, 0.2) is 17.5 Å². The molecule has 90 valence electrons. The van der Waals surface area contributed by atoms with Gasteiger partial charge in [0.1, 0.15) is 0 Å². The second-order valence-corrected chi connectivity index (χ2v) is 3.90. The van der Waals surface area contributed by atoms with E-state index >= 15 is 0 Å². The molecular formula is C10H14F3N3. The molecule has 1 atom stereocenters. The highest BCUT2D eigenvalue weighted by Crippen LogP contribution is 2.15. The summed E-state index contributed by atoms with van der Waals surface area (Å²) in [5.74, 6) is -3.76. The number of halogens is 3. The molecule has 3 nitrogen and oxygen atoms in total. The Kier molecular flexibility index (Phi) is 4.12. The van der Waals surface area contributed by atoms with Crippen molar-refractivity contribution in [3.8, 4) is 0 Å². The molecule has 0 saturated heterocycles. The first-order chi connectivity index (χ1) is 7.40. The average Bonchev–Trinajstić information content (AvgIpc) is 2.12. The SMILES string of the molecule is CC(CN(C)C)Nc1nc(F)c(F)cc1F. The van der Waals surface area contributed by atoms with Crippen LogP contribution < -0.4 is 5.32 Å². The largest absolute Gasteiger partial charge is 0.364 e. The lowest BCUT2D eigenvalue weighted by molar-refractivity contribution is 0.390. The molecule has 0 fully saturated rings. The minimum atomic E-state index is -1.30. The average molecular weight is 233 g/mol. The maximum Gasteiger partial charge on any atom is 0.251 e. The van der Waals surface area contributed by atoms with E-state index in [-0.39, 0.29) is 11.9 Å². The molecule has 0 radical (unpaired) electrons. The number of nitrogens with zero attached hydrogens (tertiary/aromatic N) is 2. The van der Waals surface area contributed by atoms with Gasteiger partial charge in [0.05, 0.1) is 0 Å². The topological polar surface area (TPSA) is 28.2 Å². The van der Waals surface area contributed by atoms with Crippen LogP contribution in [0.3, 0.4) is 0 Å². The van der Waals surface area contributed by atoms with Crippen LogP contribution in [-0.2, 0) is 0 Å². The molecule has 1 heterocycles. The fourth-order valence-electron chi connectivity index (χ4n) is 1.37. The number of likely N-dealkylation sites (N-methyl/N-ethyl adjacent to an activating group) is 1. The molecule has 0 saturated carbocycles. The van der Waals surface area contributed by atoms with Crippen molar-refractivity contribution in [3.05, 3.63) is 23.6 Å². The maximum absolute atomic E-state index is 13.2. The summed E-state index contributed by atoms with van der Waals surface area (Å²) >= 11 is 0. The molecule has 1 aromatic rings. The number of pyridine rings is 1. The van der Waals surface area contributed by atoms with Gasteiger partial charge in [-0.3, -0.25) is 0 Å². The smallest absolute Gasteiger partial charge is 0.251 e. The zero-order valence-corrected chi connectivity index (χ0v) is 9.39. The first-order valence-electron chi connectivity index (χ1n) is 4.83. The summed E-state index contributed by atoms with van der Waals surface area (Å²) in [5.41, 5.74) is 0. The molecule has 1 rings (SSSR count). The van der Waals surface area contributed by atoms with Gasteiger partial charge in [0, 0.05) is 18.7 Å². The molecule has 0 aliphatic heterocycles. The molecule has 0 aliphatic carbocycles. The molecule has 1 unspecified atom stereocenters. The molecule has 1 N–H and O–H groups in total.